The third-order valence-corrected chi connectivity index (χ3v) is 4.51. The van der Waals surface area contributed by atoms with Crippen LogP contribution in [0.3, 0.4) is 0 Å². The lowest BCUT2D eigenvalue weighted by Crippen LogP contribution is -2.43. The number of nitrogens with two attached hydrogens (primary N) is 2. The molecule has 3 aromatic rings. The van der Waals surface area contributed by atoms with Gasteiger partial charge in [-0.2, -0.15) is 13.8 Å². The lowest BCUT2D eigenvalue weighted by molar-refractivity contribution is -0.0498. The molecule has 3 rings (SSSR count). The number of halogens is 2. The van der Waals surface area contributed by atoms with Gasteiger partial charge in [-0.15, -0.1) is 0 Å². The quantitative estimate of drug-likeness (QED) is 0.231. The van der Waals surface area contributed by atoms with Crippen LogP contribution >= 0.6 is 0 Å². The zero-order valence-corrected chi connectivity index (χ0v) is 17.5. The van der Waals surface area contributed by atoms with E-state index in [2.05, 4.69) is 20.0 Å². The van der Waals surface area contributed by atoms with Gasteiger partial charge < -0.3 is 21.5 Å². The number of hydrogen-bond acceptors (Lipinski definition) is 6. The molecule has 1 aromatic heterocycles. The number of ether oxygens (including phenoxy) is 1. The van der Waals surface area contributed by atoms with Crippen molar-refractivity contribution in [3.63, 3.8) is 0 Å². The lowest BCUT2D eigenvalue weighted by atomic mass is 10.2. The monoisotopic (exact) mass is 459 g/mol. The summed E-state index contributed by atoms with van der Waals surface area (Å²) >= 11 is 0. The first-order chi connectivity index (χ1) is 15.8. The van der Waals surface area contributed by atoms with Crippen LogP contribution in [0.15, 0.2) is 69.2 Å². The Kier molecular flexibility index (Phi) is 7.73. The summed E-state index contributed by atoms with van der Waals surface area (Å²) in [5, 5.41) is 2.90. The number of benzene rings is 2. The molecule has 0 aliphatic rings. The number of aliphatic imine (C=N–C) groups is 1. The summed E-state index contributed by atoms with van der Waals surface area (Å²) in [4.78, 5) is 33.7. The van der Waals surface area contributed by atoms with Crippen LogP contribution in [0.5, 0.6) is 5.75 Å². The van der Waals surface area contributed by atoms with E-state index >= 15 is 0 Å². The fraction of sp³-hybridized carbons (Fsp3) is 0.238. The molecule has 0 atom stereocenters. The SMILES string of the molecule is NC(N)=NCCNc1nc(=O)n(Cc2ccccc2)c(=O)n1Cc1ccc(OC(F)F)cc1. The van der Waals surface area contributed by atoms with Crippen molar-refractivity contribution in [1.82, 2.24) is 14.1 Å². The van der Waals surface area contributed by atoms with Crippen molar-refractivity contribution in [2.75, 3.05) is 18.4 Å². The van der Waals surface area contributed by atoms with Gasteiger partial charge >= 0.3 is 18.0 Å². The van der Waals surface area contributed by atoms with E-state index in [0.29, 0.717) is 5.56 Å². The Labute approximate surface area is 187 Å². The summed E-state index contributed by atoms with van der Waals surface area (Å²) in [6.07, 6.45) is 0. The second-order valence-electron chi connectivity index (χ2n) is 6.91. The topological polar surface area (TPSA) is 143 Å². The molecule has 0 amide bonds. The van der Waals surface area contributed by atoms with E-state index in [9.17, 15) is 18.4 Å². The Bertz CT molecular complexity index is 1210. The highest BCUT2D eigenvalue weighted by molar-refractivity contribution is 5.75. The van der Waals surface area contributed by atoms with Crippen LogP contribution in [0.4, 0.5) is 14.7 Å². The Morgan fingerprint density at radius 1 is 1.00 bits per heavy atom. The number of guanidine groups is 1. The fourth-order valence-corrected chi connectivity index (χ4v) is 3.02. The van der Waals surface area contributed by atoms with Crippen molar-refractivity contribution < 1.29 is 13.5 Å². The summed E-state index contributed by atoms with van der Waals surface area (Å²) in [5.74, 6) is -0.0663. The number of anilines is 1. The molecule has 0 aliphatic carbocycles. The Morgan fingerprint density at radius 2 is 1.64 bits per heavy atom. The Balaban J connectivity index is 1.94. The molecule has 12 heteroatoms. The molecular weight excluding hydrogens is 436 g/mol. The standard InChI is InChI=1S/C21H23F2N7O3/c22-17(23)33-16-8-6-15(7-9-16)12-29-19(27-11-10-26-18(24)25)28-20(31)30(21(29)32)13-14-4-2-1-3-5-14/h1-9,17H,10-13H2,(H4,24,25,26)(H,27,28,31). The fourth-order valence-electron chi connectivity index (χ4n) is 3.02. The second kappa shape index (κ2) is 10.9. The highest BCUT2D eigenvalue weighted by atomic mass is 19.3. The minimum Gasteiger partial charge on any atom is -0.435 e. The molecular formula is C21H23F2N7O3. The van der Waals surface area contributed by atoms with Crippen LogP contribution in [0.2, 0.25) is 0 Å². The molecule has 2 aromatic carbocycles. The van der Waals surface area contributed by atoms with Crippen LogP contribution in [0.25, 0.3) is 0 Å². The van der Waals surface area contributed by atoms with E-state index in [0.717, 1.165) is 10.1 Å². The zero-order chi connectivity index (χ0) is 23.8. The van der Waals surface area contributed by atoms with Gasteiger partial charge in [0.25, 0.3) is 0 Å². The number of aromatic nitrogens is 3. The first-order valence-corrected chi connectivity index (χ1v) is 9.92. The molecule has 0 saturated heterocycles. The first kappa shape index (κ1) is 23.4. The largest absolute Gasteiger partial charge is 0.435 e. The maximum absolute atomic E-state index is 13.2. The van der Waals surface area contributed by atoms with Crippen LogP contribution in [-0.2, 0) is 13.1 Å². The maximum atomic E-state index is 13.2. The average Bonchev–Trinajstić information content (AvgIpc) is 2.78. The number of hydrogen-bond donors (Lipinski definition) is 3. The average molecular weight is 459 g/mol. The van der Waals surface area contributed by atoms with E-state index in [1.165, 1.54) is 16.7 Å². The van der Waals surface area contributed by atoms with E-state index in [1.807, 2.05) is 6.07 Å². The van der Waals surface area contributed by atoms with Gasteiger partial charge in [-0.3, -0.25) is 9.56 Å². The Morgan fingerprint density at radius 3 is 2.27 bits per heavy atom. The van der Waals surface area contributed by atoms with Gasteiger partial charge in [0, 0.05) is 6.54 Å². The van der Waals surface area contributed by atoms with E-state index in [1.54, 1.807) is 36.4 Å². The zero-order valence-electron chi connectivity index (χ0n) is 17.5. The number of nitrogens with one attached hydrogen (secondary N) is 1. The smallest absolute Gasteiger partial charge is 0.387 e. The number of alkyl halides is 2. The lowest BCUT2D eigenvalue weighted by Gasteiger charge is -2.15. The van der Waals surface area contributed by atoms with Crippen LogP contribution in [-0.4, -0.2) is 39.8 Å². The van der Waals surface area contributed by atoms with E-state index in [-0.39, 0.29) is 43.8 Å². The number of nitrogens with zero attached hydrogens (tertiary/aromatic N) is 4. The summed E-state index contributed by atoms with van der Waals surface area (Å²) in [7, 11) is 0. The van der Waals surface area contributed by atoms with Crippen molar-refractivity contribution in [2.24, 2.45) is 16.5 Å². The second-order valence-corrected chi connectivity index (χ2v) is 6.91. The van der Waals surface area contributed by atoms with Crippen molar-refractivity contribution in [1.29, 1.82) is 0 Å². The highest BCUT2D eigenvalue weighted by Crippen LogP contribution is 2.16. The van der Waals surface area contributed by atoms with Gasteiger partial charge in [0.15, 0.2) is 5.96 Å². The molecule has 5 N–H and O–H groups in total. The van der Waals surface area contributed by atoms with E-state index in [4.69, 9.17) is 11.5 Å². The maximum Gasteiger partial charge on any atom is 0.387 e. The van der Waals surface area contributed by atoms with Gasteiger partial charge in [0.05, 0.1) is 19.6 Å². The molecule has 10 nitrogen and oxygen atoms in total. The van der Waals surface area contributed by atoms with Crippen LogP contribution in [0.1, 0.15) is 11.1 Å². The van der Waals surface area contributed by atoms with Gasteiger partial charge in [-0.05, 0) is 23.3 Å². The summed E-state index contributed by atoms with van der Waals surface area (Å²) < 4.78 is 31.4. The highest BCUT2D eigenvalue weighted by Gasteiger charge is 2.14. The minimum absolute atomic E-state index is 0.0103. The van der Waals surface area contributed by atoms with E-state index < -0.39 is 18.0 Å². The predicted octanol–water partition coefficient (Wildman–Crippen LogP) is 0.788. The normalized spacial score (nSPS) is 10.8. The molecule has 174 valence electrons. The Hall–Kier alpha value is -4.22. The molecule has 0 unspecified atom stereocenters. The van der Waals surface area contributed by atoms with Crippen molar-refractivity contribution >= 4 is 11.9 Å². The van der Waals surface area contributed by atoms with Gasteiger partial charge in [0.1, 0.15) is 5.75 Å². The third-order valence-electron chi connectivity index (χ3n) is 4.51. The van der Waals surface area contributed by atoms with Crippen molar-refractivity contribution in [2.45, 2.75) is 19.7 Å². The predicted molar refractivity (Wildman–Crippen MR) is 120 cm³/mol. The molecule has 0 saturated carbocycles. The van der Waals surface area contributed by atoms with Crippen LogP contribution in [0, 0.1) is 0 Å². The minimum atomic E-state index is -2.94. The number of rotatable bonds is 10. The first-order valence-electron chi connectivity index (χ1n) is 9.92. The molecule has 0 aliphatic heterocycles. The third kappa shape index (κ3) is 6.63. The van der Waals surface area contributed by atoms with Gasteiger partial charge in [0.2, 0.25) is 5.95 Å². The van der Waals surface area contributed by atoms with Crippen molar-refractivity contribution in [3.8, 4) is 5.75 Å². The molecule has 33 heavy (non-hydrogen) atoms. The molecule has 0 bridgehead atoms. The summed E-state index contributed by atoms with van der Waals surface area (Å²) in [5.41, 5.74) is 10.7. The van der Waals surface area contributed by atoms with Gasteiger partial charge in [-0.25, -0.2) is 14.2 Å². The van der Waals surface area contributed by atoms with Crippen molar-refractivity contribution in [3.05, 3.63) is 86.7 Å². The van der Waals surface area contributed by atoms with Gasteiger partial charge in [-0.1, -0.05) is 42.5 Å². The summed E-state index contributed by atoms with van der Waals surface area (Å²) in [6.45, 7) is -2.45. The molecule has 1 heterocycles. The summed E-state index contributed by atoms with van der Waals surface area (Å²) in [6, 6.07) is 14.8. The molecule has 0 radical (unpaired) electrons. The van der Waals surface area contributed by atoms with Crippen LogP contribution < -0.4 is 32.9 Å². The molecule has 0 fully saturated rings. The molecule has 0 spiro atoms.